The Morgan fingerprint density at radius 2 is 1.84 bits per heavy atom. The molecule has 0 amide bonds. The molecule has 8 heteroatoms. The van der Waals surface area contributed by atoms with Crippen molar-refractivity contribution >= 4 is 17.3 Å². The van der Waals surface area contributed by atoms with Gasteiger partial charge in [-0.05, 0) is 23.8 Å². The summed E-state index contributed by atoms with van der Waals surface area (Å²) in [4.78, 5) is 4.24. The van der Waals surface area contributed by atoms with Crippen molar-refractivity contribution in [2.75, 3.05) is 5.32 Å². The van der Waals surface area contributed by atoms with E-state index in [2.05, 4.69) is 15.5 Å². The number of aromatic nitrogens is 2. The van der Waals surface area contributed by atoms with Gasteiger partial charge in [0.2, 0.25) is 5.89 Å². The highest BCUT2D eigenvalue weighted by Gasteiger charge is 2.30. The molecule has 0 aliphatic heterocycles. The third-order valence-electron chi connectivity index (χ3n) is 3.44. The highest BCUT2D eigenvalue weighted by Crippen LogP contribution is 2.33. The summed E-state index contributed by atoms with van der Waals surface area (Å²) in [6.45, 7) is 0.160. The molecule has 1 heterocycles. The lowest BCUT2D eigenvalue weighted by Crippen LogP contribution is -2.06. The minimum Gasteiger partial charge on any atom is -0.375 e. The first kappa shape index (κ1) is 17.3. The molecule has 0 saturated carbocycles. The summed E-state index contributed by atoms with van der Waals surface area (Å²) in [7, 11) is 0. The topological polar surface area (TPSA) is 51.0 Å². The van der Waals surface area contributed by atoms with Gasteiger partial charge in [0.05, 0.1) is 22.8 Å². The molecule has 0 aliphatic carbocycles. The van der Waals surface area contributed by atoms with Crippen molar-refractivity contribution in [2.24, 2.45) is 0 Å². The van der Waals surface area contributed by atoms with Crippen LogP contribution >= 0.6 is 11.6 Å². The second kappa shape index (κ2) is 7.14. The molecule has 25 heavy (non-hydrogen) atoms. The van der Waals surface area contributed by atoms with Gasteiger partial charge in [-0.3, -0.25) is 0 Å². The number of nitrogens with one attached hydrogen (secondary N) is 1. The number of hydrogen-bond donors (Lipinski definition) is 1. The molecule has 3 rings (SSSR count). The van der Waals surface area contributed by atoms with Crippen LogP contribution in [0.4, 0.5) is 18.9 Å². The zero-order valence-corrected chi connectivity index (χ0v) is 13.6. The standard InChI is InChI=1S/C17H13ClF3N3O/c18-13-9-12(17(19,20)21)6-7-14(13)22-10-16-23-15(24-25-16)8-11-4-2-1-3-5-11/h1-7,9,22H,8,10H2. The van der Waals surface area contributed by atoms with Gasteiger partial charge in [-0.2, -0.15) is 18.2 Å². The van der Waals surface area contributed by atoms with Crippen LogP contribution in [0.3, 0.4) is 0 Å². The first-order valence-corrected chi connectivity index (χ1v) is 7.75. The summed E-state index contributed by atoms with van der Waals surface area (Å²) < 4.78 is 43.0. The van der Waals surface area contributed by atoms with Crippen molar-refractivity contribution in [2.45, 2.75) is 19.1 Å². The summed E-state index contributed by atoms with van der Waals surface area (Å²) in [6, 6.07) is 12.8. The molecule has 0 saturated heterocycles. The molecule has 0 radical (unpaired) electrons. The van der Waals surface area contributed by atoms with Crippen LogP contribution in [-0.4, -0.2) is 10.1 Å². The lowest BCUT2D eigenvalue weighted by atomic mass is 10.1. The predicted octanol–water partition coefficient (Wildman–Crippen LogP) is 4.94. The predicted molar refractivity (Wildman–Crippen MR) is 87.3 cm³/mol. The first-order valence-electron chi connectivity index (χ1n) is 7.38. The second-order valence-corrected chi connectivity index (χ2v) is 5.72. The fourth-order valence-electron chi connectivity index (χ4n) is 2.22. The zero-order valence-electron chi connectivity index (χ0n) is 12.8. The van der Waals surface area contributed by atoms with E-state index in [0.29, 0.717) is 23.8 Å². The molecule has 4 nitrogen and oxygen atoms in total. The fraction of sp³-hybridized carbons (Fsp3) is 0.176. The Bertz CT molecular complexity index is 850. The third-order valence-corrected chi connectivity index (χ3v) is 3.75. The van der Waals surface area contributed by atoms with Crippen LogP contribution in [0, 0.1) is 0 Å². The number of nitrogens with zero attached hydrogens (tertiary/aromatic N) is 2. The van der Waals surface area contributed by atoms with Crippen LogP contribution in [0.15, 0.2) is 53.1 Å². The van der Waals surface area contributed by atoms with E-state index in [-0.39, 0.29) is 11.6 Å². The van der Waals surface area contributed by atoms with Gasteiger partial charge in [-0.1, -0.05) is 47.1 Å². The molecule has 0 spiro atoms. The van der Waals surface area contributed by atoms with Gasteiger partial charge in [-0.25, -0.2) is 0 Å². The SMILES string of the molecule is FC(F)(F)c1ccc(NCc2nc(Cc3ccccc3)no2)c(Cl)c1. The minimum atomic E-state index is -4.43. The van der Waals surface area contributed by atoms with Crippen molar-refractivity contribution in [1.29, 1.82) is 0 Å². The van der Waals surface area contributed by atoms with Crippen molar-refractivity contribution in [1.82, 2.24) is 10.1 Å². The van der Waals surface area contributed by atoms with E-state index in [0.717, 1.165) is 17.7 Å². The number of alkyl halides is 3. The van der Waals surface area contributed by atoms with Gasteiger partial charge < -0.3 is 9.84 Å². The van der Waals surface area contributed by atoms with Gasteiger partial charge in [-0.15, -0.1) is 0 Å². The van der Waals surface area contributed by atoms with Crippen molar-refractivity contribution in [3.63, 3.8) is 0 Å². The highest BCUT2D eigenvalue weighted by atomic mass is 35.5. The number of rotatable bonds is 5. The number of anilines is 1. The van der Waals surface area contributed by atoms with Crippen LogP contribution in [0.1, 0.15) is 22.8 Å². The number of hydrogen-bond acceptors (Lipinski definition) is 4. The molecule has 2 aromatic carbocycles. The van der Waals surface area contributed by atoms with Gasteiger partial charge in [0.1, 0.15) is 0 Å². The van der Waals surface area contributed by atoms with Gasteiger partial charge in [0, 0.05) is 6.42 Å². The summed E-state index contributed by atoms with van der Waals surface area (Å²) in [5.74, 6) is 0.850. The minimum absolute atomic E-state index is 0.0288. The number of benzene rings is 2. The second-order valence-electron chi connectivity index (χ2n) is 5.31. The lowest BCUT2D eigenvalue weighted by Gasteiger charge is -2.10. The Labute approximate surface area is 146 Å². The molecule has 0 aliphatic rings. The van der Waals surface area contributed by atoms with Crippen LogP contribution in [0.25, 0.3) is 0 Å². The molecule has 0 fully saturated rings. The smallest absolute Gasteiger partial charge is 0.375 e. The Hall–Kier alpha value is -2.54. The maximum atomic E-state index is 12.6. The molecule has 3 aromatic rings. The molecule has 1 aromatic heterocycles. The zero-order chi connectivity index (χ0) is 17.9. The Morgan fingerprint density at radius 3 is 2.52 bits per heavy atom. The normalized spacial score (nSPS) is 11.5. The van der Waals surface area contributed by atoms with Crippen LogP contribution < -0.4 is 5.32 Å². The van der Waals surface area contributed by atoms with Crippen LogP contribution in [0.2, 0.25) is 5.02 Å². The third kappa shape index (κ3) is 4.51. The van der Waals surface area contributed by atoms with E-state index in [1.165, 1.54) is 6.07 Å². The molecule has 0 unspecified atom stereocenters. The average molecular weight is 368 g/mol. The largest absolute Gasteiger partial charge is 0.416 e. The summed E-state index contributed by atoms with van der Waals surface area (Å²) in [6.07, 6.45) is -3.90. The molecular formula is C17H13ClF3N3O. The summed E-state index contributed by atoms with van der Waals surface area (Å²) >= 11 is 5.89. The highest BCUT2D eigenvalue weighted by molar-refractivity contribution is 6.33. The van der Waals surface area contributed by atoms with Crippen molar-refractivity contribution in [3.8, 4) is 0 Å². The molecule has 1 N–H and O–H groups in total. The van der Waals surface area contributed by atoms with E-state index in [1.54, 1.807) is 0 Å². The fourth-order valence-corrected chi connectivity index (χ4v) is 2.47. The van der Waals surface area contributed by atoms with Crippen molar-refractivity contribution < 1.29 is 17.7 Å². The number of halogens is 4. The van der Waals surface area contributed by atoms with Crippen LogP contribution in [-0.2, 0) is 19.1 Å². The summed E-state index contributed by atoms with van der Waals surface area (Å²) in [5, 5.41) is 6.75. The van der Waals surface area contributed by atoms with E-state index in [4.69, 9.17) is 16.1 Å². The molecular weight excluding hydrogens is 355 g/mol. The summed E-state index contributed by atoms with van der Waals surface area (Å²) in [5.41, 5.74) is 0.608. The van der Waals surface area contributed by atoms with E-state index < -0.39 is 11.7 Å². The molecule has 130 valence electrons. The average Bonchev–Trinajstić information content (AvgIpc) is 3.01. The lowest BCUT2D eigenvalue weighted by molar-refractivity contribution is -0.137. The van der Waals surface area contributed by atoms with Gasteiger partial charge >= 0.3 is 6.18 Å². The van der Waals surface area contributed by atoms with E-state index in [9.17, 15) is 13.2 Å². The van der Waals surface area contributed by atoms with Gasteiger partial charge in [0.15, 0.2) is 5.82 Å². The van der Waals surface area contributed by atoms with Crippen LogP contribution in [0.5, 0.6) is 0 Å². The molecule has 0 atom stereocenters. The Morgan fingerprint density at radius 1 is 1.08 bits per heavy atom. The van der Waals surface area contributed by atoms with E-state index in [1.807, 2.05) is 30.3 Å². The maximum Gasteiger partial charge on any atom is 0.416 e. The Kier molecular flexibility index (Phi) is 4.94. The monoisotopic (exact) mass is 367 g/mol. The maximum absolute atomic E-state index is 12.6. The quantitative estimate of drug-likeness (QED) is 0.693. The van der Waals surface area contributed by atoms with Crippen molar-refractivity contribution in [3.05, 3.63) is 76.4 Å². The Balaban J connectivity index is 1.63. The van der Waals surface area contributed by atoms with Gasteiger partial charge in [0.25, 0.3) is 0 Å². The molecule has 0 bridgehead atoms. The van der Waals surface area contributed by atoms with E-state index >= 15 is 0 Å². The first-order chi connectivity index (χ1) is 11.9.